The number of aromatic amines is 1. The fourth-order valence-corrected chi connectivity index (χ4v) is 3.87. The summed E-state index contributed by atoms with van der Waals surface area (Å²) < 4.78 is 40.1. The van der Waals surface area contributed by atoms with Crippen molar-refractivity contribution in [3.05, 3.63) is 69.6 Å². The Kier molecular flexibility index (Phi) is 4.60. The molecule has 0 saturated carbocycles. The minimum atomic E-state index is -1.27. The summed E-state index contributed by atoms with van der Waals surface area (Å²) in [7, 11) is 0. The minimum Gasteiger partial charge on any atom is -0.356 e. The van der Waals surface area contributed by atoms with E-state index in [4.69, 9.17) is 11.6 Å². The molecule has 1 atom stereocenters. The summed E-state index contributed by atoms with van der Waals surface area (Å²) in [6.07, 6.45) is 2.14. The van der Waals surface area contributed by atoms with Gasteiger partial charge in [-0.15, -0.1) is 0 Å². The monoisotopic (exact) mass is 392 g/mol. The summed E-state index contributed by atoms with van der Waals surface area (Å²) in [5.74, 6) is -3.83. The number of hydrogen-bond acceptors (Lipinski definition) is 1. The zero-order valence-electron chi connectivity index (χ0n) is 14.2. The normalized spacial score (nSPS) is 16.4. The van der Waals surface area contributed by atoms with E-state index in [0.29, 0.717) is 11.1 Å². The Morgan fingerprint density at radius 3 is 2.74 bits per heavy atom. The molecule has 0 spiro atoms. The van der Waals surface area contributed by atoms with Crippen LogP contribution >= 0.6 is 11.6 Å². The van der Waals surface area contributed by atoms with Crippen molar-refractivity contribution in [2.24, 2.45) is 0 Å². The highest BCUT2D eigenvalue weighted by Crippen LogP contribution is 2.35. The predicted molar refractivity (Wildman–Crippen MR) is 97.2 cm³/mol. The maximum absolute atomic E-state index is 13.8. The van der Waals surface area contributed by atoms with Crippen molar-refractivity contribution in [1.29, 1.82) is 0 Å². The van der Waals surface area contributed by atoms with Gasteiger partial charge in [0.05, 0.1) is 12.5 Å². The Morgan fingerprint density at radius 1 is 1.15 bits per heavy atom. The van der Waals surface area contributed by atoms with Gasteiger partial charge >= 0.3 is 0 Å². The predicted octanol–water partition coefficient (Wildman–Crippen LogP) is 4.97. The first kappa shape index (κ1) is 17.9. The maximum atomic E-state index is 13.8. The van der Waals surface area contributed by atoms with E-state index in [1.165, 1.54) is 0 Å². The average Bonchev–Trinajstić information content (AvgIpc) is 2.99. The van der Waals surface area contributed by atoms with Crippen molar-refractivity contribution in [3.63, 3.8) is 0 Å². The summed E-state index contributed by atoms with van der Waals surface area (Å²) in [4.78, 5) is 15.7. The Labute approximate surface area is 158 Å². The molecule has 1 heterocycles. The lowest BCUT2D eigenvalue weighted by atomic mass is 9.91. The van der Waals surface area contributed by atoms with Gasteiger partial charge in [-0.1, -0.05) is 11.6 Å². The van der Waals surface area contributed by atoms with E-state index in [9.17, 15) is 18.0 Å². The molecule has 4 rings (SSSR count). The molecule has 1 aliphatic carbocycles. The van der Waals surface area contributed by atoms with Gasteiger partial charge in [-0.3, -0.25) is 4.79 Å². The van der Waals surface area contributed by atoms with E-state index >= 15 is 0 Å². The average molecular weight is 393 g/mol. The Bertz CT molecular complexity index is 1050. The van der Waals surface area contributed by atoms with Crippen molar-refractivity contribution in [1.82, 2.24) is 10.3 Å². The smallest absolute Gasteiger partial charge is 0.225 e. The van der Waals surface area contributed by atoms with E-state index in [0.717, 1.165) is 47.5 Å². The lowest BCUT2D eigenvalue weighted by molar-refractivity contribution is -0.121. The fraction of sp³-hybridized carbons (Fsp3) is 0.250. The van der Waals surface area contributed by atoms with Crippen LogP contribution in [0.2, 0.25) is 5.02 Å². The fourth-order valence-electron chi connectivity index (χ4n) is 3.70. The van der Waals surface area contributed by atoms with Gasteiger partial charge in [0.15, 0.2) is 11.6 Å². The van der Waals surface area contributed by atoms with Crippen LogP contribution in [0.25, 0.3) is 10.9 Å². The van der Waals surface area contributed by atoms with Gasteiger partial charge in [0, 0.05) is 33.2 Å². The highest BCUT2D eigenvalue weighted by molar-refractivity contribution is 6.31. The maximum Gasteiger partial charge on any atom is 0.225 e. The molecule has 0 radical (unpaired) electrons. The van der Waals surface area contributed by atoms with Gasteiger partial charge in [-0.05, 0) is 49.1 Å². The number of benzene rings is 2. The molecular weight excluding hydrogens is 377 g/mol. The number of H-pyrrole nitrogens is 1. The van der Waals surface area contributed by atoms with Crippen LogP contribution in [0, 0.1) is 17.5 Å². The number of aryl methyl sites for hydroxylation is 1. The second-order valence-electron chi connectivity index (χ2n) is 6.75. The Hall–Kier alpha value is -2.47. The van der Waals surface area contributed by atoms with Gasteiger partial charge in [-0.25, -0.2) is 13.2 Å². The van der Waals surface area contributed by atoms with Crippen molar-refractivity contribution < 1.29 is 18.0 Å². The number of hydrogen-bond donors (Lipinski definition) is 2. The lowest BCUT2D eigenvalue weighted by Gasteiger charge is -2.24. The number of fused-ring (bicyclic) bond motifs is 3. The molecule has 0 aliphatic heterocycles. The molecule has 27 heavy (non-hydrogen) atoms. The van der Waals surface area contributed by atoms with Crippen molar-refractivity contribution in [3.8, 4) is 0 Å². The van der Waals surface area contributed by atoms with Gasteiger partial charge in [-0.2, -0.15) is 0 Å². The van der Waals surface area contributed by atoms with Crippen LogP contribution in [0.3, 0.4) is 0 Å². The van der Waals surface area contributed by atoms with E-state index in [1.807, 2.05) is 12.1 Å². The van der Waals surface area contributed by atoms with Crippen LogP contribution in [-0.4, -0.2) is 10.9 Å². The Morgan fingerprint density at radius 2 is 1.93 bits per heavy atom. The number of halogens is 4. The molecule has 2 aromatic carbocycles. The molecule has 0 fully saturated rings. The molecule has 7 heteroatoms. The first-order valence-corrected chi connectivity index (χ1v) is 9.03. The van der Waals surface area contributed by atoms with E-state index in [1.54, 1.807) is 6.07 Å². The van der Waals surface area contributed by atoms with Gasteiger partial charge < -0.3 is 10.3 Å². The van der Waals surface area contributed by atoms with Crippen LogP contribution in [0.5, 0.6) is 0 Å². The first-order valence-electron chi connectivity index (χ1n) is 8.65. The third-order valence-electron chi connectivity index (χ3n) is 4.94. The lowest BCUT2D eigenvalue weighted by Crippen LogP contribution is -2.32. The molecule has 1 aromatic heterocycles. The first-order chi connectivity index (χ1) is 12.9. The number of aromatic nitrogens is 1. The quantitative estimate of drug-likeness (QED) is 0.607. The number of nitrogens with one attached hydrogen (secondary N) is 2. The molecule has 140 valence electrons. The molecule has 1 aliphatic rings. The van der Waals surface area contributed by atoms with Crippen LogP contribution in [0.1, 0.15) is 35.7 Å². The summed E-state index contributed by atoms with van der Waals surface area (Å²) in [5.41, 5.74) is 2.80. The Balaban J connectivity index is 1.57. The van der Waals surface area contributed by atoms with E-state index < -0.39 is 23.4 Å². The van der Waals surface area contributed by atoms with Crippen LogP contribution in [0.4, 0.5) is 13.2 Å². The highest BCUT2D eigenvalue weighted by Gasteiger charge is 2.26. The number of rotatable bonds is 3. The zero-order chi connectivity index (χ0) is 19.1. The second-order valence-corrected chi connectivity index (χ2v) is 7.19. The highest BCUT2D eigenvalue weighted by atomic mass is 35.5. The summed E-state index contributed by atoms with van der Waals surface area (Å²) >= 11 is 6.09. The summed E-state index contributed by atoms with van der Waals surface area (Å²) in [6, 6.07) is 6.52. The van der Waals surface area contributed by atoms with Crippen LogP contribution < -0.4 is 5.32 Å². The molecule has 3 aromatic rings. The van der Waals surface area contributed by atoms with Gasteiger partial charge in [0.25, 0.3) is 0 Å². The number of amides is 1. The SMILES string of the molecule is O=C(Cc1cc(F)c(F)cc1F)N[C@H]1CCCc2c1[nH]c1ccc(Cl)cc21. The van der Waals surface area contributed by atoms with Crippen molar-refractivity contribution >= 4 is 28.4 Å². The third-order valence-corrected chi connectivity index (χ3v) is 5.18. The number of carbonyl (C=O) groups excluding carboxylic acids is 1. The standard InChI is InChI=1S/C20H16ClF3N2O/c21-11-4-5-17-13(8-11)12-2-1-3-18(20(12)26-17)25-19(27)7-10-6-15(23)16(24)9-14(10)22/h4-6,8-9,18,26H,1-3,7H2,(H,25,27)/t18-/m0/s1. The number of carbonyl (C=O) groups is 1. The molecule has 0 unspecified atom stereocenters. The molecule has 3 nitrogen and oxygen atoms in total. The van der Waals surface area contributed by atoms with Gasteiger partial charge in [0.2, 0.25) is 5.91 Å². The largest absolute Gasteiger partial charge is 0.356 e. The van der Waals surface area contributed by atoms with Crippen molar-refractivity contribution in [2.45, 2.75) is 31.7 Å². The second kappa shape index (κ2) is 6.93. The van der Waals surface area contributed by atoms with Crippen LogP contribution in [-0.2, 0) is 17.6 Å². The van der Waals surface area contributed by atoms with Crippen molar-refractivity contribution in [2.75, 3.05) is 0 Å². The summed E-state index contributed by atoms with van der Waals surface area (Å²) in [6.45, 7) is 0. The topological polar surface area (TPSA) is 44.9 Å². The van der Waals surface area contributed by atoms with Crippen LogP contribution in [0.15, 0.2) is 30.3 Å². The molecular formula is C20H16ClF3N2O. The zero-order valence-corrected chi connectivity index (χ0v) is 15.0. The van der Waals surface area contributed by atoms with E-state index in [2.05, 4.69) is 10.3 Å². The summed E-state index contributed by atoms with van der Waals surface area (Å²) in [5, 5.41) is 4.55. The van der Waals surface area contributed by atoms with E-state index in [-0.39, 0.29) is 18.0 Å². The molecule has 2 N–H and O–H groups in total. The molecule has 0 bridgehead atoms. The molecule has 1 amide bonds. The molecule has 0 saturated heterocycles. The van der Waals surface area contributed by atoms with Gasteiger partial charge in [0.1, 0.15) is 5.82 Å². The minimum absolute atomic E-state index is 0.175. The third kappa shape index (κ3) is 3.41.